The molecule has 0 aliphatic carbocycles. The maximum atomic E-state index is 13.0. The van der Waals surface area contributed by atoms with E-state index in [1.807, 2.05) is 0 Å². The van der Waals surface area contributed by atoms with Crippen LogP contribution in [0.25, 0.3) is 5.69 Å². The minimum Gasteiger partial charge on any atom is -0.295 e. The van der Waals surface area contributed by atoms with Gasteiger partial charge in [-0.25, -0.2) is 9.07 Å². The molecule has 1 heterocycles. The first-order valence-corrected chi connectivity index (χ1v) is 7.78. The maximum Gasteiger partial charge on any atom is 0.280 e. The lowest BCUT2D eigenvalue weighted by Gasteiger charge is -2.00. The van der Waals surface area contributed by atoms with Crippen molar-refractivity contribution in [1.29, 1.82) is 0 Å². The molecule has 0 fully saturated rings. The summed E-state index contributed by atoms with van der Waals surface area (Å²) in [5.41, 5.74) is 1.73. The van der Waals surface area contributed by atoms with Crippen LogP contribution in [0.4, 0.5) is 10.1 Å². The zero-order valence-corrected chi connectivity index (χ0v) is 14.1. The molecular weight excluding hydrogens is 352 g/mol. The third-order valence-corrected chi connectivity index (χ3v) is 4.27. The molecule has 0 radical (unpaired) electrons. The highest BCUT2D eigenvalue weighted by Gasteiger charge is 2.11. The van der Waals surface area contributed by atoms with Crippen LogP contribution in [0.3, 0.4) is 0 Å². The summed E-state index contributed by atoms with van der Waals surface area (Å²) in [4.78, 5) is 16.8. The number of aryl methyl sites for hydroxylation is 1. The van der Waals surface area contributed by atoms with E-state index >= 15 is 0 Å². The number of benzene rings is 2. The molecule has 0 saturated heterocycles. The van der Waals surface area contributed by atoms with Crippen molar-refractivity contribution in [2.75, 3.05) is 0 Å². The molecule has 0 saturated carbocycles. The normalized spacial score (nSPS) is 11.3. The fourth-order valence-electron chi connectivity index (χ4n) is 2.21. The summed E-state index contributed by atoms with van der Waals surface area (Å²) in [6, 6.07) is 10.7. The average molecular weight is 364 g/mol. The lowest BCUT2D eigenvalue weighted by Crippen LogP contribution is -2.17. The molecular formula is C17H12Cl2FN3O. The van der Waals surface area contributed by atoms with Crippen molar-refractivity contribution in [3.63, 3.8) is 0 Å². The van der Waals surface area contributed by atoms with Crippen LogP contribution in [0.1, 0.15) is 11.3 Å². The van der Waals surface area contributed by atoms with Crippen LogP contribution in [-0.4, -0.2) is 16.0 Å². The van der Waals surface area contributed by atoms with Crippen LogP contribution >= 0.6 is 23.2 Å². The van der Waals surface area contributed by atoms with Gasteiger partial charge in [-0.2, -0.15) is 0 Å². The second kappa shape index (κ2) is 6.63. The van der Waals surface area contributed by atoms with E-state index in [9.17, 15) is 9.18 Å². The molecule has 0 aliphatic heterocycles. The third kappa shape index (κ3) is 3.13. The molecule has 24 heavy (non-hydrogen) atoms. The predicted molar refractivity (Wildman–Crippen MR) is 94.8 cm³/mol. The van der Waals surface area contributed by atoms with Gasteiger partial charge in [-0.1, -0.05) is 29.3 Å². The number of hydrogen-bond donors (Lipinski definition) is 1. The Labute approximate surface area is 147 Å². The number of aliphatic imine (C=N–C) groups is 1. The zero-order valence-electron chi connectivity index (χ0n) is 12.6. The molecule has 0 amide bonds. The van der Waals surface area contributed by atoms with Gasteiger partial charge in [0.05, 0.1) is 27.0 Å². The number of H-pyrrole nitrogens is 1. The van der Waals surface area contributed by atoms with Gasteiger partial charge >= 0.3 is 0 Å². The Morgan fingerprint density at radius 2 is 1.88 bits per heavy atom. The van der Waals surface area contributed by atoms with Gasteiger partial charge in [-0.3, -0.25) is 14.9 Å². The Hall–Kier alpha value is -2.37. The standard InChI is InChI=1S/C17H12Cl2FN3O/c1-10-13(9-21-15-4-2-3-14(18)16(15)19)17(24)23(22-10)12-7-5-11(20)6-8-12/h2-9,22H,1H3. The van der Waals surface area contributed by atoms with E-state index in [-0.39, 0.29) is 11.4 Å². The molecule has 0 unspecified atom stereocenters. The quantitative estimate of drug-likeness (QED) is 0.675. The van der Waals surface area contributed by atoms with E-state index < -0.39 is 0 Å². The Morgan fingerprint density at radius 1 is 1.17 bits per heavy atom. The first-order valence-electron chi connectivity index (χ1n) is 7.03. The summed E-state index contributed by atoms with van der Waals surface area (Å²) < 4.78 is 14.4. The highest BCUT2D eigenvalue weighted by atomic mass is 35.5. The number of nitrogens with one attached hydrogen (secondary N) is 1. The monoisotopic (exact) mass is 363 g/mol. The number of nitrogens with zero attached hydrogens (tertiary/aromatic N) is 2. The Balaban J connectivity index is 2.01. The van der Waals surface area contributed by atoms with Gasteiger partial charge in [0.25, 0.3) is 5.56 Å². The largest absolute Gasteiger partial charge is 0.295 e. The summed E-state index contributed by atoms with van der Waals surface area (Å²) in [5, 5.41) is 3.65. The van der Waals surface area contributed by atoms with Crippen LogP contribution in [0.15, 0.2) is 52.3 Å². The van der Waals surface area contributed by atoms with Gasteiger partial charge in [-0.15, -0.1) is 0 Å². The van der Waals surface area contributed by atoms with Gasteiger partial charge in [0.1, 0.15) is 5.82 Å². The smallest absolute Gasteiger partial charge is 0.280 e. The molecule has 122 valence electrons. The molecule has 0 bridgehead atoms. The van der Waals surface area contributed by atoms with E-state index in [2.05, 4.69) is 10.1 Å². The van der Waals surface area contributed by atoms with Gasteiger partial charge in [-0.05, 0) is 43.3 Å². The van der Waals surface area contributed by atoms with Crippen molar-refractivity contribution in [3.8, 4) is 5.69 Å². The molecule has 1 N–H and O–H groups in total. The fourth-order valence-corrected chi connectivity index (χ4v) is 2.55. The zero-order chi connectivity index (χ0) is 17.3. The van der Waals surface area contributed by atoms with E-state index in [0.29, 0.717) is 32.7 Å². The number of rotatable bonds is 3. The number of hydrogen-bond acceptors (Lipinski definition) is 2. The summed E-state index contributed by atoms with van der Waals surface area (Å²) in [7, 11) is 0. The van der Waals surface area contributed by atoms with Crippen LogP contribution in [0, 0.1) is 12.7 Å². The molecule has 0 atom stereocenters. The van der Waals surface area contributed by atoms with Gasteiger partial charge in [0.2, 0.25) is 0 Å². The summed E-state index contributed by atoms with van der Waals surface area (Å²) in [6.45, 7) is 1.75. The molecule has 7 heteroatoms. The summed E-state index contributed by atoms with van der Waals surface area (Å²) in [6.07, 6.45) is 1.44. The Kier molecular flexibility index (Phi) is 4.55. The van der Waals surface area contributed by atoms with Crippen molar-refractivity contribution in [2.24, 2.45) is 4.99 Å². The Bertz CT molecular complexity index is 974. The minimum absolute atomic E-state index is 0.291. The molecule has 3 aromatic rings. The van der Waals surface area contributed by atoms with Crippen LogP contribution in [-0.2, 0) is 0 Å². The predicted octanol–water partition coefficient (Wildman–Crippen LogP) is 4.67. The topological polar surface area (TPSA) is 50.1 Å². The lowest BCUT2D eigenvalue weighted by molar-refractivity contribution is 0.627. The van der Waals surface area contributed by atoms with Crippen LogP contribution < -0.4 is 5.56 Å². The Morgan fingerprint density at radius 3 is 2.58 bits per heavy atom. The summed E-state index contributed by atoms with van der Waals surface area (Å²) >= 11 is 12.0. The third-order valence-electron chi connectivity index (χ3n) is 3.47. The van der Waals surface area contributed by atoms with Crippen molar-refractivity contribution in [1.82, 2.24) is 9.78 Å². The second-order valence-electron chi connectivity index (χ2n) is 5.10. The first-order chi connectivity index (χ1) is 11.5. The molecule has 3 rings (SSSR count). The molecule has 2 aromatic carbocycles. The van der Waals surface area contributed by atoms with Gasteiger partial charge in [0.15, 0.2) is 0 Å². The lowest BCUT2D eigenvalue weighted by atomic mass is 10.2. The van der Waals surface area contributed by atoms with Crippen molar-refractivity contribution < 1.29 is 4.39 Å². The van der Waals surface area contributed by atoms with E-state index in [1.54, 1.807) is 25.1 Å². The van der Waals surface area contributed by atoms with E-state index in [0.717, 1.165) is 0 Å². The SMILES string of the molecule is Cc1[nH]n(-c2ccc(F)cc2)c(=O)c1C=Nc1cccc(Cl)c1Cl. The van der Waals surface area contributed by atoms with Gasteiger partial charge in [0, 0.05) is 11.9 Å². The van der Waals surface area contributed by atoms with E-state index in [4.69, 9.17) is 23.2 Å². The highest BCUT2D eigenvalue weighted by Crippen LogP contribution is 2.31. The highest BCUT2D eigenvalue weighted by molar-refractivity contribution is 6.43. The fraction of sp³-hybridized carbons (Fsp3) is 0.0588. The van der Waals surface area contributed by atoms with Crippen molar-refractivity contribution in [2.45, 2.75) is 6.92 Å². The molecule has 0 aliphatic rings. The minimum atomic E-state index is -0.368. The van der Waals surface area contributed by atoms with Crippen LogP contribution in [0.5, 0.6) is 0 Å². The first kappa shape index (κ1) is 16.5. The molecule has 1 aromatic heterocycles. The van der Waals surface area contributed by atoms with E-state index in [1.165, 1.54) is 35.2 Å². The molecule has 0 spiro atoms. The van der Waals surface area contributed by atoms with Crippen molar-refractivity contribution >= 4 is 35.1 Å². The van der Waals surface area contributed by atoms with Crippen molar-refractivity contribution in [3.05, 3.63) is 79.9 Å². The maximum absolute atomic E-state index is 13.0. The summed E-state index contributed by atoms with van der Waals surface area (Å²) in [5.74, 6) is -0.368. The molecule has 4 nitrogen and oxygen atoms in total. The average Bonchev–Trinajstić information content (AvgIpc) is 2.84. The number of halogens is 3. The number of aromatic nitrogens is 2. The second-order valence-corrected chi connectivity index (χ2v) is 5.88. The van der Waals surface area contributed by atoms with Crippen LogP contribution in [0.2, 0.25) is 10.0 Å². The number of aromatic amines is 1. The van der Waals surface area contributed by atoms with Gasteiger partial charge < -0.3 is 0 Å².